The van der Waals surface area contributed by atoms with Gasteiger partial charge < -0.3 is 10.6 Å². The molecule has 0 bridgehead atoms. The second-order valence-corrected chi connectivity index (χ2v) is 3.88. The van der Waals surface area contributed by atoms with Gasteiger partial charge in [-0.05, 0) is 24.3 Å². The molecule has 3 nitrogen and oxygen atoms in total. The molecule has 0 aliphatic carbocycles. The van der Waals surface area contributed by atoms with E-state index in [4.69, 9.17) is 0 Å². The van der Waals surface area contributed by atoms with Crippen molar-refractivity contribution < 1.29 is 13.6 Å². The average molecular weight is 262 g/mol. The minimum atomic E-state index is -1.00. The van der Waals surface area contributed by atoms with Gasteiger partial charge in [0.2, 0.25) is 0 Å². The van der Waals surface area contributed by atoms with Gasteiger partial charge in [-0.3, -0.25) is 4.79 Å². The zero-order valence-corrected chi connectivity index (χ0v) is 10.2. The largest absolute Gasteiger partial charge is 0.387 e. The predicted molar refractivity (Wildman–Crippen MR) is 70.3 cm³/mol. The summed E-state index contributed by atoms with van der Waals surface area (Å²) in [6.07, 6.45) is 0. The number of carbonyl (C=O) groups is 1. The molecule has 0 aliphatic rings. The lowest BCUT2D eigenvalue weighted by molar-refractivity contribution is 0.102. The second kappa shape index (κ2) is 5.48. The fourth-order valence-electron chi connectivity index (χ4n) is 1.67. The van der Waals surface area contributed by atoms with E-state index < -0.39 is 17.5 Å². The summed E-state index contributed by atoms with van der Waals surface area (Å²) in [6.45, 7) is 0. The molecule has 0 heterocycles. The van der Waals surface area contributed by atoms with Gasteiger partial charge in [0, 0.05) is 24.5 Å². The van der Waals surface area contributed by atoms with Crippen LogP contribution >= 0.6 is 0 Å². The van der Waals surface area contributed by atoms with Gasteiger partial charge in [-0.15, -0.1) is 0 Å². The number of amides is 1. The van der Waals surface area contributed by atoms with Gasteiger partial charge in [0.25, 0.3) is 5.91 Å². The van der Waals surface area contributed by atoms with Crippen LogP contribution in [0.4, 0.5) is 20.2 Å². The van der Waals surface area contributed by atoms with Crippen molar-refractivity contribution in [3.8, 4) is 0 Å². The van der Waals surface area contributed by atoms with Crippen LogP contribution in [-0.2, 0) is 0 Å². The minimum absolute atomic E-state index is 0.204. The van der Waals surface area contributed by atoms with Crippen molar-refractivity contribution in [2.45, 2.75) is 0 Å². The summed E-state index contributed by atoms with van der Waals surface area (Å²) in [4.78, 5) is 12.0. The van der Waals surface area contributed by atoms with Crippen LogP contribution in [0.3, 0.4) is 0 Å². The number of hydrogen-bond donors (Lipinski definition) is 2. The van der Waals surface area contributed by atoms with E-state index in [1.54, 1.807) is 31.3 Å². The first kappa shape index (κ1) is 13.0. The highest BCUT2D eigenvalue weighted by Gasteiger charge is 2.11. The van der Waals surface area contributed by atoms with Gasteiger partial charge in [-0.25, -0.2) is 8.78 Å². The summed E-state index contributed by atoms with van der Waals surface area (Å²) < 4.78 is 25.8. The molecule has 0 spiro atoms. The van der Waals surface area contributed by atoms with E-state index in [2.05, 4.69) is 10.6 Å². The van der Waals surface area contributed by atoms with E-state index in [-0.39, 0.29) is 5.69 Å². The first-order chi connectivity index (χ1) is 9.11. The molecule has 5 heteroatoms. The summed E-state index contributed by atoms with van der Waals surface area (Å²) in [6, 6.07) is 10.1. The maximum Gasteiger partial charge on any atom is 0.257 e. The Morgan fingerprint density at radius 2 is 1.79 bits per heavy atom. The first-order valence-electron chi connectivity index (χ1n) is 5.65. The van der Waals surface area contributed by atoms with Crippen LogP contribution in [-0.4, -0.2) is 13.0 Å². The first-order valence-corrected chi connectivity index (χ1v) is 5.65. The number of hydrogen-bond acceptors (Lipinski definition) is 2. The van der Waals surface area contributed by atoms with E-state index in [1.165, 1.54) is 6.07 Å². The van der Waals surface area contributed by atoms with Crippen LogP contribution in [0, 0.1) is 11.6 Å². The lowest BCUT2D eigenvalue weighted by Crippen LogP contribution is -2.14. The van der Waals surface area contributed by atoms with E-state index in [1.807, 2.05) is 0 Å². The van der Waals surface area contributed by atoms with E-state index in [0.717, 1.165) is 12.1 Å². The maximum atomic E-state index is 13.0. The van der Waals surface area contributed by atoms with Crippen molar-refractivity contribution in [1.29, 1.82) is 0 Å². The second-order valence-electron chi connectivity index (χ2n) is 3.88. The van der Waals surface area contributed by atoms with Crippen LogP contribution in [0.15, 0.2) is 42.5 Å². The fraction of sp³-hybridized carbons (Fsp3) is 0.0714. The van der Waals surface area contributed by atoms with Crippen molar-refractivity contribution in [3.05, 3.63) is 59.7 Å². The summed E-state index contributed by atoms with van der Waals surface area (Å²) >= 11 is 0. The van der Waals surface area contributed by atoms with Gasteiger partial charge in [0.1, 0.15) is 0 Å². The quantitative estimate of drug-likeness (QED) is 0.891. The fourth-order valence-corrected chi connectivity index (χ4v) is 1.67. The highest BCUT2D eigenvalue weighted by molar-refractivity contribution is 6.08. The minimum Gasteiger partial charge on any atom is -0.387 e. The summed E-state index contributed by atoms with van der Waals surface area (Å²) in [5.41, 5.74) is 1.28. The molecule has 0 fully saturated rings. The highest BCUT2D eigenvalue weighted by Crippen LogP contribution is 2.18. The number of nitrogens with one attached hydrogen (secondary N) is 2. The smallest absolute Gasteiger partial charge is 0.257 e. The monoisotopic (exact) mass is 262 g/mol. The lowest BCUT2D eigenvalue weighted by atomic mass is 10.1. The van der Waals surface area contributed by atoms with Crippen molar-refractivity contribution >= 4 is 17.3 Å². The van der Waals surface area contributed by atoms with Crippen LogP contribution in [0.2, 0.25) is 0 Å². The van der Waals surface area contributed by atoms with Crippen molar-refractivity contribution in [2.24, 2.45) is 0 Å². The molecule has 0 radical (unpaired) electrons. The van der Waals surface area contributed by atoms with E-state index >= 15 is 0 Å². The molecule has 0 saturated heterocycles. The predicted octanol–water partition coefficient (Wildman–Crippen LogP) is 3.26. The molecule has 1 amide bonds. The van der Waals surface area contributed by atoms with E-state index in [0.29, 0.717) is 11.3 Å². The van der Waals surface area contributed by atoms with Crippen LogP contribution in [0.1, 0.15) is 10.4 Å². The number of carbonyl (C=O) groups excluding carboxylic acids is 1. The molecule has 0 saturated carbocycles. The Bertz CT molecular complexity index is 614. The highest BCUT2D eigenvalue weighted by atomic mass is 19.2. The molecule has 2 aromatic rings. The van der Waals surface area contributed by atoms with Crippen LogP contribution in [0.5, 0.6) is 0 Å². The average Bonchev–Trinajstić information content (AvgIpc) is 2.43. The molecule has 0 aliphatic heterocycles. The molecule has 19 heavy (non-hydrogen) atoms. The van der Waals surface area contributed by atoms with Gasteiger partial charge in [0.15, 0.2) is 11.6 Å². The van der Waals surface area contributed by atoms with Crippen LogP contribution < -0.4 is 10.6 Å². The topological polar surface area (TPSA) is 41.1 Å². The normalized spacial score (nSPS) is 10.1. The molecule has 2 N–H and O–H groups in total. The summed E-state index contributed by atoms with van der Waals surface area (Å²) in [7, 11) is 1.70. The SMILES string of the molecule is CNc1ccccc1C(=O)Nc1ccc(F)c(F)c1. The Labute approximate surface area is 109 Å². The third-order valence-electron chi connectivity index (χ3n) is 2.62. The zero-order valence-electron chi connectivity index (χ0n) is 10.2. The zero-order chi connectivity index (χ0) is 13.8. The maximum absolute atomic E-state index is 13.0. The third kappa shape index (κ3) is 2.88. The number of para-hydroxylation sites is 1. The Morgan fingerprint density at radius 3 is 2.47 bits per heavy atom. The third-order valence-corrected chi connectivity index (χ3v) is 2.62. The molecule has 2 rings (SSSR count). The number of anilines is 2. The number of halogens is 2. The van der Waals surface area contributed by atoms with Gasteiger partial charge in [0.05, 0.1) is 5.56 Å². The van der Waals surface area contributed by atoms with Gasteiger partial charge in [-0.1, -0.05) is 12.1 Å². The number of rotatable bonds is 3. The van der Waals surface area contributed by atoms with Crippen molar-refractivity contribution in [1.82, 2.24) is 0 Å². The molecule has 98 valence electrons. The molecular formula is C14H12F2N2O. The standard InChI is InChI=1S/C14H12F2N2O/c1-17-13-5-3-2-4-10(13)14(19)18-9-6-7-11(15)12(16)8-9/h2-8,17H,1H3,(H,18,19). The van der Waals surface area contributed by atoms with E-state index in [9.17, 15) is 13.6 Å². The Kier molecular flexibility index (Phi) is 3.75. The molecule has 0 aromatic heterocycles. The molecule has 0 atom stereocenters. The molecular weight excluding hydrogens is 250 g/mol. The van der Waals surface area contributed by atoms with Crippen molar-refractivity contribution in [2.75, 3.05) is 17.7 Å². The summed E-state index contributed by atoms with van der Waals surface area (Å²) in [5.74, 6) is -2.34. The Morgan fingerprint density at radius 1 is 1.05 bits per heavy atom. The molecule has 2 aromatic carbocycles. The Balaban J connectivity index is 2.23. The molecule has 0 unspecified atom stereocenters. The number of benzene rings is 2. The van der Waals surface area contributed by atoms with Crippen LogP contribution in [0.25, 0.3) is 0 Å². The van der Waals surface area contributed by atoms with Gasteiger partial charge in [-0.2, -0.15) is 0 Å². The lowest BCUT2D eigenvalue weighted by Gasteiger charge is -2.09. The van der Waals surface area contributed by atoms with Gasteiger partial charge >= 0.3 is 0 Å². The Hall–Kier alpha value is -2.43. The van der Waals surface area contributed by atoms with Crippen molar-refractivity contribution in [3.63, 3.8) is 0 Å². The summed E-state index contributed by atoms with van der Waals surface area (Å²) in [5, 5.41) is 5.40.